The fraction of sp³-hybridized carbons (Fsp3) is 0.800. The Morgan fingerprint density at radius 3 is 2.48 bits per heavy atom. The number of esters is 1. The van der Waals surface area contributed by atoms with Gasteiger partial charge in [-0.05, 0) is 49.4 Å². The molecule has 1 unspecified atom stereocenters. The van der Waals surface area contributed by atoms with E-state index in [1.807, 2.05) is 0 Å². The van der Waals surface area contributed by atoms with Gasteiger partial charge in [-0.25, -0.2) is 4.79 Å². The van der Waals surface area contributed by atoms with Crippen molar-refractivity contribution in [1.82, 2.24) is 0 Å². The molecular weight excluding hydrogens is 320 g/mol. The SMILES string of the molecule is CC1=C2[C@@H](OC1=O)C(=O)[C@@H]1[C@@](O)(CCC3C(C)(C)CCC[C@]31C)[C@H]2O. The van der Waals surface area contributed by atoms with E-state index in [0.717, 1.165) is 25.7 Å². The minimum atomic E-state index is -1.50. The number of hydrogen-bond donors (Lipinski definition) is 2. The number of carbonyl (C=O) groups is 2. The van der Waals surface area contributed by atoms with E-state index in [1.54, 1.807) is 6.92 Å². The van der Waals surface area contributed by atoms with Crippen LogP contribution in [0, 0.1) is 22.7 Å². The van der Waals surface area contributed by atoms with Crippen LogP contribution in [0.5, 0.6) is 0 Å². The molecule has 4 rings (SSSR count). The molecule has 3 aliphatic carbocycles. The zero-order valence-corrected chi connectivity index (χ0v) is 15.5. The van der Waals surface area contributed by atoms with Crippen molar-refractivity contribution in [2.75, 3.05) is 0 Å². The maximum atomic E-state index is 13.4. The highest BCUT2D eigenvalue weighted by Gasteiger charge is 2.69. The molecule has 1 heterocycles. The fourth-order valence-corrected chi connectivity index (χ4v) is 6.74. The minimum Gasteiger partial charge on any atom is -0.446 e. The highest BCUT2D eigenvalue weighted by Crippen LogP contribution is 2.65. The molecule has 0 aromatic rings. The van der Waals surface area contributed by atoms with E-state index in [0.29, 0.717) is 12.3 Å². The topological polar surface area (TPSA) is 83.8 Å². The number of ether oxygens (including phenoxy) is 1. The van der Waals surface area contributed by atoms with Gasteiger partial charge in [0.25, 0.3) is 0 Å². The predicted octanol–water partition coefficient (Wildman–Crippen LogP) is 2.15. The molecule has 0 bridgehead atoms. The van der Waals surface area contributed by atoms with Crippen LogP contribution < -0.4 is 0 Å². The lowest BCUT2D eigenvalue weighted by Crippen LogP contribution is -2.69. The standard InChI is InChI=1S/C20H28O5/c1-10-12-14(25-17(10)23)13(21)15-19(4)8-5-7-18(2,3)11(19)6-9-20(15,24)16(12)22/h11,14-16,22,24H,5-9H2,1-4H3/t11?,14-,15+,16+,19-,20+/m1/s1. The van der Waals surface area contributed by atoms with Gasteiger partial charge in [0.2, 0.25) is 0 Å². The molecule has 25 heavy (non-hydrogen) atoms. The summed E-state index contributed by atoms with van der Waals surface area (Å²) in [6.07, 6.45) is 1.90. The number of Topliss-reactive ketones (excluding diaryl/α,β-unsaturated/α-hetero) is 1. The third-order valence-corrected chi connectivity index (χ3v) is 7.83. The molecule has 5 heteroatoms. The Hall–Kier alpha value is -1.20. The van der Waals surface area contributed by atoms with Gasteiger partial charge in [-0.1, -0.05) is 27.2 Å². The Morgan fingerprint density at radius 1 is 1.12 bits per heavy atom. The van der Waals surface area contributed by atoms with Gasteiger partial charge in [-0.3, -0.25) is 4.79 Å². The van der Waals surface area contributed by atoms with Crippen LogP contribution in [0.4, 0.5) is 0 Å². The fourth-order valence-electron chi connectivity index (χ4n) is 6.74. The smallest absolute Gasteiger partial charge is 0.334 e. The maximum Gasteiger partial charge on any atom is 0.334 e. The van der Waals surface area contributed by atoms with Crippen molar-refractivity contribution < 1.29 is 24.5 Å². The van der Waals surface area contributed by atoms with Crippen LogP contribution in [0.2, 0.25) is 0 Å². The summed E-state index contributed by atoms with van der Waals surface area (Å²) >= 11 is 0. The minimum absolute atomic E-state index is 0.0952. The van der Waals surface area contributed by atoms with Crippen LogP contribution in [0.25, 0.3) is 0 Å². The van der Waals surface area contributed by atoms with Crippen molar-refractivity contribution in [3.05, 3.63) is 11.1 Å². The van der Waals surface area contributed by atoms with E-state index in [2.05, 4.69) is 20.8 Å². The van der Waals surface area contributed by atoms with Gasteiger partial charge in [0.1, 0.15) is 11.7 Å². The first-order valence-electron chi connectivity index (χ1n) is 9.40. The second-order valence-electron chi connectivity index (χ2n) is 9.53. The Kier molecular flexibility index (Phi) is 3.41. The molecule has 5 nitrogen and oxygen atoms in total. The second-order valence-corrected chi connectivity index (χ2v) is 9.53. The second kappa shape index (κ2) is 4.95. The molecule has 138 valence electrons. The highest BCUT2D eigenvalue weighted by molar-refractivity contribution is 6.02. The zero-order chi connectivity index (χ0) is 18.4. The molecule has 1 aliphatic heterocycles. The van der Waals surface area contributed by atoms with Crippen molar-refractivity contribution in [3.63, 3.8) is 0 Å². The summed E-state index contributed by atoms with van der Waals surface area (Å²) in [6.45, 7) is 8.15. The predicted molar refractivity (Wildman–Crippen MR) is 90.5 cm³/mol. The van der Waals surface area contributed by atoms with Crippen LogP contribution >= 0.6 is 0 Å². The summed E-state index contributed by atoms with van der Waals surface area (Å²) in [5, 5.41) is 22.5. The number of aliphatic hydroxyl groups is 2. The summed E-state index contributed by atoms with van der Waals surface area (Å²) in [7, 11) is 0. The van der Waals surface area contributed by atoms with E-state index in [9.17, 15) is 19.8 Å². The van der Waals surface area contributed by atoms with Gasteiger partial charge in [0.05, 0.1) is 5.92 Å². The number of aliphatic hydroxyl groups excluding tert-OH is 1. The van der Waals surface area contributed by atoms with Gasteiger partial charge < -0.3 is 14.9 Å². The Labute approximate surface area is 148 Å². The molecule has 3 fully saturated rings. The van der Waals surface area contributed by atoms with Crippen LogP contribution in [0.3, 0.4) is 0 Å². The first-order chi connectivity index (χ1) is 11.5. The van der Waals surface area contributed by atoms with E-state index < -0.39 is 29.7 Å². The Morgan fingerprint density at radius 2 is 1.80 bits per heavy atom. The van der Waals surface area contributed by atoms with Gasteiger partial charge in [-0.15, -0.1) is 0 Å². The van der Waals surface area contributed by atoms with E-state index >= 15 is 0 Å². The van der Waals surface area contributed by atoms with Gasteiger partial charge in [0, 0.05) is 11.1 Å². The summed E-state index contributed by atoms with van der Waals surface area (Å²) in [4.78, 5) is 25.4. The average Bonchev–Trinajstić information content (AvgIpc) is 2.80. The molecular formula is C20H28O5. The van der Waals surface area contributed by atoms with Crippen molar-refractivity contribution in [1.29, 1.82) is 0 Å². The Bertz CT molecular complexity index is 692. The summed E-state index contributed by atoms with van der Waals surface area (Å²) in [6, 6.07) is 0. The quantitative estimate of drug-likeness (QED) is 0.655. The Balaban J connectivity index is 1.85. The van der Waals surface area contributed by atoms with Gasteiger partial charge >= 0.3 is 5.97 Å². The summed E-state index contributed by atoms with van der Waals surface area (Å²) < 4.78 is 5.30. The lowest BCUT2D eigenvalue weighted by atomic mass is 9.42. The number of ketones is 1. The maximum absolute atomic E-state index is 13.4. The van der Waals surface area contributed by atoms with Crippen molar-refractivity contribution in [2.24, 2.45) is 22.7 Å². The summed E-state index contributed by atoms with van der Waals surface area (Å²) in [5.41, 5.74) is -1.24. The number of rotatable bonds is 0. The normalized spacial score (nSPS) is 48.6. The van der Waals surface area contributed by atoms with Crippen molar-refractivity contribution in [3.8, 4) is 0 Å². The van der Waals surface area contributed by atoms with E-state index in [-0.39, 0.29) is 27.8 Å². The molecule has 4 aliphatic rings. The molecule has 0 saturated heterocycles. The molecule has 0 aromatic heterocycles. The highest BCUT2D eigenvalue weighted by atomic mass is 16.6. The molecule has 0 amide bonds. The molecule has 6 atom stereocenters. The lowest BCUT2D eigenvalue weighted by molar-refractivity contribution is -0.220. The molecule has 0 radical (unpaired) electrons. The van der Waals surface area contributed by atoms with Crippen LogP contribution in [-0.2, 0) is 14.3 Å². The largest absolute Gasteiger partial charge is 0.446 e. The summed E-state index contributed by atoms with van der Waals surface area (Å²) in [5.74, 6) is -1.17. The molecule has 0 spiro atoms. The first kappa shape index (κ1) is 17.2. The molecule has 0 aromatic carbocycles. The van der Waals surface area contributed by atoms with E-state index in [4.69, 9.17) is 4.74 Å². The number of fused-ring (bicyclic) bond motifs is 4. The van der Waals surface area contributed by atoms with Crippen LogP contribution in [-0.4, -0.2) is 39.8 Å². The van der Waals surface area contributed by atoms with Crippen molar-refractivity contribution >= 4 is 11.8 Å². The zero-order valence-electron chi connectivity index (χ0n) is 15.5. The third kappa shape index (κ3) is 1.97. The lowest BCUT2D eigenvalue weighted by Gasteiger charge is -2.63. The number of carbonyl (C=O) groups excluding carboxylic acids is 2. The van der Waals surface area contributed by atoms with Crippen molar-refractivity contribution in [2.45, 2.75) is 77.6 Å². The van der Waals surface area contributed by atoms with Gasteiger partial charge in [0.15, 0.2) is 11.9 Å². The molecule has 2 N–H and O–H groups in total. The first-order valence-corrected chi connectivity index (χ1v) is 9.40. The average molecular weight is 348 g/mol. The van der Waals surface area contributed by atoms with E-state index in [1.165, 1.54) is 0 Å². The number of hydrogen-bond acceptors (Lipinski definition) is 5. The molecule has 3 saturated carbocycles. The van der Waals surface area contributed by atoms with Crippen LogP contribution in [0.15, 0.2) is 11.1 Å². The van der Waals surface area contributed by atoms with Crippen LogP contribution in [0.1, 0.15) is 59.8 Å². The van der Waals surface area contributed by atoms with Gasteiger partial charge in [-0.2, -0.15) is 0 Å². The monoisotopic (exact) mass is 348 g/mol. The third-order valence-electron chi connectivity index (χ3n) is 7.83.